The van der Waals surface area contributed by atoms with Crippen LogP contribution in [0, 0.1) is 17.7 Å². The van der Waals surface area contributed by atoms with E-state index in [-0.39, 0.29) is 11.3 Å². The molecule has 2 aromatic carbocycles. The fraction of sp³-hybridized carbons (Fsp3) is 0.594. The third-order valence-electron chi connectivity index (χ3n) is 7.37. The maximum Gasteiger partial charge on any atom is 0.343 e. The minimum absolute atomic E-state index is 0.140. The van der Waals surface area contributed by atoms with E-state index in [0.29, 0.717) is 19.0 Å². The quantitative estimate of drug-likeness (QED) is 0.128. The Morgan fingerprint density at radius 3 is 2.05 bits per heavy atom. The Bertz CT molecular complexity index is 919. The van der Waals surface area contributed by atoms with Crippen molar-refractivity contribution in [2.45, 2.75) is 97.3 Å². The molecule has 4 nitrogen and oxygen atoms in total. The van der Waals surface area contributed by atoms with E-state index in [1.807, 2.05) is 6.92 Å². The summed E-state index contributed by atoms with van der Waals surface area (Å²) < 4.78 is 30.7. The highest BCUT2D eigenvalue weighted by molar-refractivity contribution is 5.91. The van der Waals surface area contributed by atoms with E-state index in [9.17, 15) is 9.18 Å². The van der Waals surface area contributed by atoms with E-state index in [2.05, 4.69) is 6.92 Å². The average Bonchev–Trinajstić information content (AvgIpc) is 2.92. The lowest BCUT2D eigenvalue weighted by molar-refractivity contribution is 0.0734. The highest BCUT2D eigenvalue weighted by Crippen LogP contribution is 2.34. The number of rotatable bonds is 16. The predicted octanol–water partition coefficient (Wildman–Crippen LogP) is 9.16. The minimum atomic E-state index is -0.610. The van der Waals surface area contributed by atoms with E-state index >= 15 is 0 Å². The van der Waals surface area contributed by atoms with Crippen molar-refractivity contribution in [2.24, 2.45) is 11.8 Å². The fourth-order valence-electron chi connectivity index (χ4n) is 5.13. The number of hydrogen-bond donors (Lipinski definition) is 0. The van der Waals surface area contributed by atoms with Gasteiger partial charge in [0.1, 0.15) is 11.5 Å². The zero-order chi connectivity index (χ0) is 26.3. The van der Waals surface area contributed by atoms with Crippen molar-refractivity contribution in [3.63, 3.8) is 0 Å². The molecule has 0 atom stereocenters. The molecule has 204 valence electrons. The molecule has 0 spiro atoms. The Morgan fingerprint density at radius 1 is 0.757 bits per heavy atom. The van der Waals surface area contributed by atoms with E-state index in [0.717, 1.165) is 36.5 Å². The molecule has 1 fully saturated rings. The Balaban J connectivity index is 1.30. The predicted molar refractivity (Wildman–Crippen MR) is 147 cm³/mol. The molecule has 1 saturated carbocycles. The van der Waals surface area contributed by atoms with E-state index in [1.54, 1.807) is 24.3 Å². The van der Waals surface area contributed by atoms with Gasteiger partial charge in [-0.1, -0.05) is 78.1 Å². The molecule has 2 aromatic rings. The summed E-state index contributed by atoms with van der Waals surface area (Å²) in [6, 6.07) is 11.1. The lowest BCUT2D eigenvalue weighted by Crippen LogP contribution is -2.15. The van der Waals surface area contributed by atoms with Crippen molar-refractivity contribution in [3.8, 4) is 17.2 Å². The number of hydrogen-bond acceptors (Lipinski definition) is 4. The Hall–Kier alpha value is -2.56. The maximum absolute atomic E-state index is 14.1. The van der Waals surface area contributed by atoms with Crippen LogP contribution >= 0.6 is 0 Å². The summed E-state index contributed by atoms with van der Waals surface area (Å²) in [5, 5.41) is 0. The minimum Gasteiger partial charge on any atom is -0.494 e. The van der Waals surface area contributed by atoms with Crippen LogP contribution in [0.25, 0.3) is 0 Å². The third kappa shape index (κ3) is 10.4. The molecule has 0 amide bonds. The summed E-state index contributed by atoms with van der Waals surface area (Å²) in [6.45, 7) is 5.35. The van der Waals surface area contributed by atoms with Gasteiger partial charge in [0.15, 0.2) is 11.6 Å². The number of carbonyl (C=O) groups excluding carboxylic acids is 1. The SMILES string of the molecule is CCCCCCCC1CCC(CCCOc2ccc(OC(=O)c3ccc(OCCC)c(F)c3)cc2)CC1. The van der Waals surface area contributed by atoms with Gasteiger partial charge in [0.05, 0.1) is 18.8 Å². The van der Waals surface area contributed by atoms with Crippen LogP contribution in [0.2, 0.25) is 0 Å². The summed E-state index contributed by atoms with van der Waals surface area (Å²) in [7, 11) is 0. The Labute approximate surface area is 222 Å². The van der Waals surface area contributed by atoms with Gasteiger partial charge in [-0.05, 0) is 73.6 Å². The van der Waals surface area contributed by atoms with Gasteiger partial charge in [0.2, 0.25) is 0 Å². The van der Waals surface area contributed by atoms with Crippen molar-refractivity contribution < 1.29 is 23.4 Å². The molecule has 0 bridgehead atoms. The molecule has 0 aromatic heterocycles. The van der Waals surface area contributed by atoms with Crippen LogP contribution in [-0.4, -0.2) is 19.2 Å². The van der Waals surface area contributed by atoms with Crippen molar-refractivity contribution >= 4 is 5.97 Å². The van der Waals surface area contributed by atoms with Crippen molar-refractivity contribution in [1.82, 2.24) is 0 Å². The van der Waals surface area contributed by atoms with Crippen LogP contribution in [0.15, 0.2) is 42.5 Å². The highest BCUT2D eigenvalue weighted by atomic mass is 19.1. The van der Waals surface area contributed by atoms with Crippen molar-refractivity contribution in [3.05, 3.63) is 53.8 Å². The van der Waals surface area contributed by atoms with Crippen LogP contribution in [0.4, 0.5) is 4.39 Å². The van der Waals surface area contributed by atoms with Gasteiger partial charge in [-0.2, -0.15) is 0 Å². The summed E-state index contributed by atoms with van der Waals surface area (Å²) in [5.74, 6) is 1.92. The van der Waals surface area contributed by atoms with Crippen molar-refractivity contribution in [2.75, 3.05) is 13.2 Å². The molecule has 0 N–H and O–H groups in total. The molecule has 0 aliphatic heterocycles. The lowest BCUT2D eigenvalue weighted by atomic mass is 9.78. The number of carbonyl (C=O) groups is 1. The molecular formula is C32H45FO4. The lowest BCUT2D eigenvalue weighted by Gasteiger charge is -2.28. The first-order chi connectivity index (χ1) is 18.1. The molecule has 1 aliphatic carbocycles. The monoisotopic (exact) mass is 512 g/mol. The van der Waals surface area contributed by atoms with Crippen LogP contribution in [-0.2, 0) is 0 Å². The Kier molecular flexibility index (Phi) is 12.8. The normalized spacial score (nSPS) is 17.4. The summed E-state index contributed by atoms with van der Waals surface area (Å²) in [5.41, 5.74) is 0.141. The molecule has 1 aliphatic rings. The molecule has 3 rings (SSSR count). The fourth-order valence-corrected chi connectivity index (χ4v) is 5.13. The highest BCUT2D eigenvalue weighted by Gasteiger charge is 2.20. The zero-order valence-corrected chi connectivity index (χ0v) is 22.8. The first kappa shape index (κ1) is 29.0. The van der Waals surface area contributed by atoms with E-state index in [1.165, 1.54) is 82.8 Å². The van der Waals surface area contributed by atoms with Gasteiger partial charge in [-0.25, -0.2) is 9.18 Å². The van der Waals surface area contributed by atoms with E-state index in [4.69, 9.17) is 14.2 Å². The second-order valence-corrected chi connectivity index (χ2v) is 10.4. The smallest absolute Gasteiger partial charge is 0.343 e. The van der Waals surface area contributed by atoms with Crippen LogP contribution < -0.4 is 14.2 Å². The number of unbranched alkanes of at least 4 members (excludes halogenated alkanes) is 4. The first-order valence-electron chi connectivity index (χ1n) is 14.5. The van der Waals surface area contributed by atoms with Gasteiger partial charge in [-0.15, -0.1) is 0 Å². The Morgan fingerprint density at radius 2 is 1.41 bits per heavy atom. The van der Waals surface area contributed by atoms with Gasteiger partial charge in [0, 0.05) is 0 Å². The molecule has 0 heterocycles. The number of ether oxygens (including phenoxy) is 3. The summed E-state index contributed by atoms with van der Waals surface area (Å²) in [4.78, 5) is 12.4. The average molecular weight is 513 g/mol. The largest absolute Gasteiger partial charge is 0.494 e. The van der Waals surface area contributed by atoms with Gasteiger partial charge >= 0.3 is 5.97 Å². The number of halogens is 1. The van der Waals surface area contributed by atoms with Crippen LogP contribution in [0.5, 0.6) is 17.2 Å². The van der Waals surface area contributed by atoms with Crippen LogP contribution in [0.3, 0.4) is 0 Å². The molecule has 0 radical (unpaired) electrons. The van der Waals surface area contributed by atoms with Crippen LogP contribution in [0.1, 0.15) is 108 Å². The maximum atomic E-state index is 14.1. The molecular weight excluding hydrogens is 467 g/mol. The molecule has 37 heavy (non-hydrogen) atoms. The summed E-state index contributed by atoms with van der Waals surface area (Å²) in [6.07, 6.45) is 17.0. The molecule has 5 heteroatoms. The van der Waals surface area contributed by atoms with E-state index < -0.39 is 11.8 Å². The number of esters is 1. The van der Waals surface area contributed by atoms with Gasteiger partial charge in [-0.3, -0.25) is 0 Å². The van der Waals surface area contributed by atoms with Crippen molar-refractivity contribution in [1.29, 1.82) is 0 Å². The molecule has 0 saturated heterocycles. The third-order valence-corrected chi connectivity index (χ3v) is 7.37. The topological polar surface area (TPSA) is 44.8 Å². The van der Waals surface area contributed by atoms with Gasteiger partial charge in [0.25, 0.3) is 0 Å². The summed E-state index contributed by atoms with van der Waals surface area (Å²) >= 11 is 0. The first-order valence-corrected chi connectivity index (χ1v) is 14.5. The van der Waals surface area contributed by atoms with Gasteiger partial charge < -0.3 is 14.2 Å². The zero-order valence-electron chi connectivity index (χ0n) is 22.8. The molecule has 0 unspecified atom stereocenters. The second-order valence-electron chi connectivity index (χ2n) is 10.4. The number of benzene rings is 2. The second kappa shape index (κ2) is 16.3. The standard InChI is InChI=1S/C32H45FO4/c1-3-5-6-7-8-10-25-12-14-26(15-13-25)11-9-23-35-28-17-19-29(20-18-28)37-32(34)27-16-21-31(30(33)24-27)36-22-4-2/h16-21,24-26H,3-15,22-23H2,1-2H3.